The molecule has 1 amide bonds. The summed E-state index contributed by atoms with van der Waals surface area (Å²) in [4.78, 5) is 16.6. The highest BCUT2D eigenvalue weighted by Gasteiger charge is 2.21. The molecule has 1 fully saturated rings. The number of hydrogen-bond acceptors (Lipinski definition) is 2. The predicted octanol–water partition coefficient (Wildman–Crippen LogP) is 3.08. The molecule has 0 radical (unpaired) electrons. The molecule has 3 N–H and O–H groups in total. The molecule has 1 aliphatic carbocycles. The third-order valence-corrected chi connectivity index (χ3v) is 4.28. The monoisotopic (exact) mass is 350 g/mol. The Kier molecular flexibility index (Phi) is 6.25. The van der Waals surface area contributed by atoms with Crippen molar-refractivity contribution in [3.8, 4) is 0 Å². The number of aryl methyl sites for hydroxylation is 1. The average Bonchev–Trinajstić information content (AvgIpc) is 3.49. The number of nitrogens with one attached hydrogen (secondary N) is 3. The summed E-state index contributed by atoms with van der Waals surface area (Å²) in [5.74, 6) is 1.27. The molecule has 0 bridgehead atoms. The molecule has 0 aromatic heterocycles. The number of para-hydroxylation sites is 1. The van der Waals surface area contributed by atoms with Crippen LogP contribution in [0.4, 0.5) is 5.69 Å². The summed E-state index contributed by atoms with van der Waals surface area (Å²) in [5, 5.41) is 9.33. The molecule has 0 aliphatic heterocycles. The first-order valence-corrected chi connectivity index (χ1v) is 9.11. The van der Waals surface area contributed by atoms with Gasteiger partial charge in [-0.25, -0.2) is 4.99 Å². The van der Waals surface area contributed by atoms with Crippen molar-refractivity contribution in [2.75, 3.05) is 18.4 Å². The first-order valence-electron chi connectivity index (χ1n) is 9.11. The summed E-state index contributed by atoms with van der Waals surface area (Å²) in [6, 6.07) is 18.1. The molecule has 0 saturated heterocycles. The maximum absolute atomic E-state index is 12.0. The van der Waals surface area contributed by atoms with E-state index in [1.807, 2.05) is 30.3 Å². The molecule has 2 aromatic carbocycles. The summed E-state index contributed by atoms with van der Waals surface area (Å²) < 4.78 is 0. The summed E-state index contributed by atoms with van der Waals surface area (Å²) >= 11 is 0. The number of guanidine groups is 1. The van der Waals surface area contributed by atoms with Crippen LogP contribution >= 0.6 is 0 Å². The molecular formula is C21H26N4O. The van der Waals surface area contributed by atoms with Gasteiger partial charge in [0.25, 0.3) is 0 Å². The molecule has 3 rings (SSSR count). The van der Waals surface area contributed by atoms with Crippen LogP contribution in [0, 0.1) is 12.8 Å². The van der Waals surface area contributed by atoms with E-state index in [0.29, 0.717) is 18.4 Å². The van der Waals surface area contributed by atoms with Gasteiger partial charge in [-0.15, -0.1) is 0 Å². The highest BCUT2D eigenvalue weighted by Crippen LogP contribution is 2.27. The van der Waals surface area contributed by atoms with Crippen LogP contribution in [0.3, 0.4) is 0 Å². The van der Waals surface area contributed by atoms with Crippen LogP contribution in [-0.4, -0.2) is 25.0 Å². The third-order valence-electron chi connectivity index (χ3n) is 4.28. The number of nitrogens with zero attached hydrogens (tertiary/aromatic N) is 1. The van der Waals surface area contributed by atoms with Crippen molar-refractivity contribution in [3.05, 3.63) is 65.7 Å². The summed E-state index contributed by atoms with van der Waals surface area (Å²) in [5.41, 5.74) is 3.29. The van der Waals surface area contributed by atoms with E-state index < -0.39 is 0 Å². The van der Waals surface area contributed by atoms with Gasteiger partial charge in [0.1, 0.15) is 0 Å². The second-order valence-electron chi connectivity index (χ2n) is 6.74. The quantitative estimate of drug-likeness (QED) is 0.531. The molecule has 0 unspecified atom stereocenters. The molecule has 26 heavy (non-hydrogen) atoms. The number of aliphatic imine (C=N–C) groups is 1. The average molecular weight is 350 g/mol. The smallest absolute Gasteiger partial charge is 0.239 e. The Labute approximate surface area is 154 Å². The van der Waals surface area contributed by atoms with Crippen LogP contribution < -0.4 is 16.0 Å². The maximum Gasteiger partial charge on any atom is 0.239 e. The number of rotatable bonds is 7. The topological polar surface area (TPSA) is 65.5 Å². The zero-order valence-corrected chi connectivity index (χ0v) is 15.2. The van der Waals surface area contributed by atoms with E-state index in [4.69, 9.17) is 0 Å². The molecule has 1 saturated carbocycles. The van der Waals surface area contributed by atoms with Gasteiger partial charge in [0.15, 0.2) is 5.96 Å². The second kappa shape index (κ2) is 9.04. The van der Waals surface area contributed by atoms with Crippen molar-refractivity contribution in [2.45, 2.75) is 26.3 Å². The van der Waals surface area contributed by atoms with Gasteiger partial charge in [-0.05, 0) is 43.4 Å². The van der Waals surface area contributed by atoms with Gasteiger partial charge in [-0.1, -0.05) is 48.0 Å². The van der Waals surface area contributed by atoms with E-state index in [9.17, 15) is 4.79 Å². The number of anilines is 1. The first kappa shape index (κ1) is 18.0. The van der Waals surface area contributed by atoms with E-state index >= 15 is 0 Å². The Morgan fingerprint density at radius 3 is 2.46 bits per heavy atom. The maximum atomic E-state index is 12.0. The zero-order chi connectivity index (χ0) is 18.2. The predicted molar refractivity (Wildman–Crippen MR) is 106 cm³/mol. The van der Waals surface area contributed by atoms with Gasteiger partial charge in [0.05, 0.1) is 13.1 Å². The second-order valence-corrected chi connectivity index (χ2v) is 6.74. The fourth-order valence-corrected chi connectivity index (χ4v) is 2.47. The summed E-state index contributed by atoms with van der Waals surface area (Å²) in [6.07, 6.45) is 2.46. The van der Waals surface area contributed by atoms with Crippen LogP contribution in [0.2, 0.25) is 0 Å². The fraction of sp³-hybridized carbons (Fsp3) is 0.333. The molecule has 0 heterocycles. The van der Waals surface area contributed by atoms with E-state index in [-0.39, 0.29) is 12.5 Å². The van der Waals surface area contributed by atoms with Crippen LogP contribution in [0.25, 0.3) is 0 Å². The molecule has 0 spiro atoms. The molecular weight excluding hydrogens is 324 g/mol. The SMILES string of the molecule is Cc1ccc(CN=C(NCC(=O)NCC2CC2)Nc2ccccc2)cc1. The molecule has 1 aliphatic rings. The Bertz CT molecular complexity index is 736. The molecule has 0 atom stereocenters. The van der Waals surface area contributed by atoms with Crippen LogP contribution in [0.15, 0.2) is 59.6 Å². The van der Waals surface area contributed by atoms with Gasteiger partial charge >= 0.3 is 0 Å². The fourth-order valence-electron chi connectivity index (χ4n) is 2.47. The zero-order valence-electron chi connectivity index (χ0n) is 15.2. The first-order chi connectivity index (χ1) is 12.7. The van der Waals surface area contributed by atoms with Crippen molar-refractivity contribution in [1.82, 2.24) is 10.6 Å². The van der Waals surface area contributed by atoms with Gasteiger partial charge in [-0.2, -0.15) is 0 Å². The van der Waals surface area contributed by atoms with Crippen molar-refractivity contribution in [2.24, 2.45) is 10.9 Å². The standard InChI is InChI=1S/C21H26N4O/c1-16-7-9-17(10-8-16)14-23-21(25-19-5-3-2-4-6-19)24-15-20(26)22-13-18-11-12-18/h2-10,18H,11-15H2,1H3,(H,22,26)(H2,23,24,25). The highest BCUT2D eigenvalue weighted by atomic mass is 16.1. The van der Waals surface area contributed by atoms with E-state index in [1.165, 1.54) is 18.4 Å². The molecule has 5 heteroatoms. The Morgan fingerprint density at radius 2 is 1.77 bits per heavy atom. The number of amides is 1. The Hall–Kier alpha value is -2.82. The lowest BCUT2D eigenvalue weighted by atomic mass is 10.1. The molecule has 5 nitrogen and oxygen atoms in total. The molecule has 2 aromatic rings. The number of carbonyl (C=O) groups is 1. The van der Waals surface area contributed by atoms with E-state index in [1.54, 1.807) is 0 Å². The number of benzene rings is 2. The summed E-state index contributed by atoms with van der Waals surface area (Å²) in [6.45, 7) is 3.60. The minimum atomic E-state index is -0.00482. The lowest BCUT2D eigenvalue weighted by Crippen LogP contribution is -2.40. The molecule has 136 valence electrons. The van der Waals surface area contributed by atoms with E-state index in [0.717, 1.165) is 17.8 Å². The Balaban J connectivity index is 1.59. The van der Waals surface area contributed by atoms with Gasteiger partial charge < -0.3 is 16.0 Å². The van der Waals surface area contributed by atoms with Crippen LogP contribution in [-0.2, 0) is 11.3 Å². The summed E-state index contributed by atoms with van der Waals surface area (Å²) in [7, 11) is 0. The lowest BCUT2D eigenvalue weighted by molar-refractivity contribution is -0.120. The van der Waals surface area contributed by atoms with E-state index in [2.05, 4.69) is 52.1 Å². The Morgan fingerprint density at radius 1 is 1.04 bits per heavy atom. The third kappa shape index (κ3) is 6.24. The van der Waals surface area contributed by atoms with Crippen LogP contribution in [0.5, 0.6) is 0 Å². The van der Waals surface area contributed by atoms with Gasteiger partial charge in [0.2, 0.25) is 5.91 Å². The van der Waals surface area contributed by atoms with Crippen molar-refractivity contribution in [1.29, 1.82) is 0 Å². The highest BCUT2D eigenvalue weighted by molar-refractivity contribution is 5.95. The minimum Gasteiger partial charge on any atom is -0.354 e. The minimum absolute atomic E-state index is 0.00482. The van der Waals surface area contributed by atoms with Gasteiger partial charge in [0, 0.05) is 12.2 Å². The van der Waals surface area contributed by atoms with Gasteiger partial charge in [-0.3, -0.25) is 4.79 Å². The largest absolute Gasteiger partial charge is 0.354 e. The van der Waals surface area contributed by atoms with Crippen molar-refractivity contribution < 1.29 is 4.79 Å². The normalized spacial score (nSPS) is 14.0. The van der Waals surface area contributed by atoms with Crippen LogP contribution in [0.1, 0.15) is 24.0 Å². The van der Waals surface area contributed by atoms with Crippen molar-refractivity contribution >= 4 is 17.6 Å². The lowest BCUT2D eigenvalue weighted by Gasteiger charge is -2.13. The number of hydrogen-bond donors (Lipinski definition) is 3. The number of carbonyl (C=O) groups excluding carboxylic acids is 1. The van der Waals surface area contributed by atoms with Crippen molar-refractivity contribution in [3.63, 3.8) is 0 Å².